The summed E-state index contributed by atoms with van der Waals surface area (Å²) >= 11 is 0. The van der Waals surface area contributed by atoms with Gasteiger partial charge in [0.05, 0.1) is 0 Å². The van der Waals surface area contributed by atoms with Gasteiger partial charge in [0.2, 0.25) is 0 Å². The van der Waals surface area contributed by atoms with Crippen LogP contribution in [0.25, 0.3) is 0 Å². The highest BCUT2D eigenvalue weighted by Gasteiger charge is 2.61. The number of allylic oxidation sites excluding steroid dienone is 1. The molecule has 4 atom stereocenters. The molecule has 84 valence electrons. The summed E-state index contributed by atoms with van der Waals surface area (Å²) in [4.78, 5) is 0. The molecule has 3 aliphatic rings. The third-order valence-corrected chi connectivity index (χ3v) is 6.07. The predicted molar refractivity (Wildman–Crippen MR) is 64.6 cm³/mol. The highest BCUT2D eigenvalue weighted by atomic mass is 14.7. The molecule has 0 nitrogen and oxygen atoms in total. The minimum absolute atomic E-state index is 0.515. The van der Waals surface area contributed by atoms with Crippen molar-refractivity contribution in [3.8, 4) is 0 Å². The summed E-state index contributed by atoms with van der Waals surface area (Å²) < 4.78 is 0. The van der Waals surface area contributed by atoms with Gasteiger partial charge >= 0.3 is 0 Å². The average Bonchev–Trinajstić information content (AvgIpc) is 2.63. The predicted octanol–water partition coefficient (Wildman–Crippen LogP) is 4.42. The quantitative estimate of drug-likeness (QED) is 0.513. The van der Waals surface area contributed by atoms with Crippen LogP contribution in [0.3, 0.4) is 0 Å². The largest absolute Gasteiger partial charge is 0.0990 e. The Morgan fingerprint density at radius 2 is 1.87 bits per heavy atom. The lowest BCUT2D eigenvalue weighted by molar-refractivity contribution is 0.141. The maximum atomic E-state index is 4.46. The van der Waals surface area contributed by atoms with Crippen molar-refractivity contribution in [2.45, 2.75) is 52.9 Å². The molecule has 0 heteroatoms. The summed E-state index contributed by atoms with van der Waals surface area (Å²) in [7, 11) is 0. The zero-order valence-corrected chi connectivity index (χ0v) is 10.5. The summed E-state index contributed by atoms with van der Waals surface area (Å²) in [6.07, 6.45) is 7.18. The van der Waals surface area contributed by atoms with Gasteiger partial charge in [-0.1, -0.05) is 39.3 Å². The van der Waals surface area contributed by atoms with Gasteiger partial charge in [-0.3, -0.25) is 0 Å². The van der Waals surface area contributed by atoms with Crippen molar-refractivity contribution in [2.75, 3.05) is 0 Å². The molecule has 0 amide bonds. The fraction of sp³-hybridized carbons (Fsp3) is 0.867. The molecule has 0 aromatic rings. The highest BCUT2D eigenvalue weighted by Crippen LogP contribution is 2.70. The lowest BCUT2D eigenvalue weighted by atomic mass is 9.69. The van der Waals surface area contributed by atoms with Crippen molar-refractivity contribution in [3.05, 3.63) is 12.2 Å². The Balaban J connectivity index is 2.10. The molecule has 3 unspecified atom stereocenters. The molecule has 4 bridgehead atoms. The topological polar surface area (TPSA) is 0 Å². The third-order valence-electron chi connectivity index (χ3n) is 6.07. The molecular weight excluding hydrogens is 180 g/mol. The van der Waals surface area contributed by atoms with E-state index >= 15 is 0 Å². The van der Waals surface area contributed by atoms with E-state index in [1.54, 1.807) is 5.57 Å². The van der Waals surface area contributed by atoms with Gasteiger partial charge in [0.25, 0.3) is 0 Å². The molecule has 0 N–H and O–H groups in total. The smallest absolute Gasteiger partial charge is 0.00849 e. The fourth-order valence-corrected chi connectivity index (χ4v) is 5.28. The zero-order valence-electron chi connectivity index (χ0n) is 10.5. The molecule has 3 saturated carbocycles. The van der Waals surface area contributed by atoms with Crippen molar-refractivity contribution < 1.29 is 0 Å². The molecule has 0 aromatic heterocycles. The number of hydrogen-bond donors (Lipinski definition) is 0. The van der Waals surface area contributed by atoms with E-state index in [1.807, 2.05) is 0 Å². The van der Waals surface area contributed by atoms with Crippen molar-refractivity contribution in [2.24, 2.45) is 28.6 Å². The Morgan fingerprint density at radius 1 is 1.13 bits per heavy atom. The summed E-state index contributed by atoms with van der Waals surface area (Å²) in [5.41, 5.74) is 2.71. The van der Waals surface area contributed by atoms with Crippen molar-refractivity contribution in [3.63, 3.8) is 0 Å². The van der Waals surface area contributed by atoms with Crippen LogP contribution < -0.4 is 0 Å². The minimum atomic E-state index is 0.515. The second-order valence-electron chi connectivity index (χ2n) is 7.10. The third kappa shape index (κ3) is 1.04. The molecule has 3 fully saturated rings. The lowest BCUT2D eigenvalue weighted by Gasteiger charge is -2.35. The van der Waals surface area contributed by atoms with E-state index in [2.05, 4.69) is 27.4 Å². The molecule has 15 heavy (non-hydrogen) atoms. The fourth-order valence-electron chi connectivity index (χ4n) is 5.28. The van der Waals surface area contributed by atoms with Crippen molar-refractivity contribution in [1.29, 1.82) is 0 Å². The second kappa shape index (κ2) is 2.70. The van der Waals surface area contributed by atoms with E-state index in [-0.39, 0.29) is 0 Å². The Hall–Kier alpha value is -0.260. The molecule has 0 aromatic carbocycles. The Kier molecular flexibility index (Phi) is 1.79. The molecule has 0 aliphatic heterocycles. The van der Waals surface area contributed by atoms with Crippen LogP contribution in [0.4, 0.5) is 0 Å². The first-order valence-corrected chi connectivity index (χ1v) is 6.66. The zero-order chi connectivity index (χ0) is 10.8. The van der Waals surface area contributed by atoms with Crippen LogP contribution in [-0.2, 0) is 0 Å². The second-order valence-corrected chi connectivity index (χ2v) is 7.10. The molecule has 3 aliphatic carbocycles. The van der Waals surface area contributed by atoms with E-state index in [1.165, 1.54) is 32.1 Å². The first kappa shape index (κ1) is 9.93. The highest BCUT2D eigenvalue weighted by molar-refractivity contribution is 5.29. The van der Waals surface area contributed by atoms with Crippen LogP contribution in [-0.4, -0.2) is 0 Å². The van der Waals surface area contributed by atoms with E-state index in [0.717, 1.165) is 17.8 Å². The van der Waals surface area contributed by atoms with Crippen LogP contribution in [0, 0.1) is 28.6 Å². The van der Waals surface area contributed by atoms with Gasteiger partial charge < -0.3 is 0 Å². The van der Waals surface area contributed by atoms with E-state index in [4.69, 9.17) is 0 Å². The molecular formula is C15H24. The Morgan fingerprint density at radius 3 is 2.60 bits per heavy atom. The molecule has 0 spiro atoms. The molecule has 0 saturated heterocycles. The minimum Gasteiger partial charge on any atom is -0.0990 e. The van der Waals surface area contributed by atoms with Gasteiger partial charge in [-0.2, -0.15) is 0 Å². The molecule has 0 radical (unpaired) electrons. The van der Waals surface area contributed by atoms with E-state index < -0.39 is 0 Å². The van der Waals surface area contributed by atoms with Gasteiger partial charge in [0, 0.05) is 0 Å². The summed E-state index contributed by atoms with van der Waals surface area (Å²) in [6.45, 7) is 12.0. The van der Waals surface area contributed by atoms with Crippen LogP contribution in [0.15, 0.2) is 12.2 Å². The average molecular weight is 204 g/mol. The van der Waals surface area contributed by atoms with Crippen LogP contribution in [0.5, 0.6) is 0 Å². The SMILES string of the molecule is C=C1C2CC[C@H]3C2C(C)(C)CCCC13C. The number of hydrogen-bond acceptors (Lipinski definition) is 0. The monoisotopic (exact) mass is 204 g/mol. The van der Waals surface area contributed by atoms with Crippen LogP contribution in [0.1, 0.15) is 52.9 Å². The lowest BCUT2D eigenvalue weighted by Crippen LogP contribution is -2.28. The van der Waals surface area contributed by atoms with Crippen molar-refractivity contribution in [1.82, 2.24) is 0 Å². The van der Waals surface area contributed by atoms with E-state index in [9.17, 15) is 0 Å². The summed E-state index contributed by atoms with van der Waals surface area (Å²) in [5.74, 6) is 2.79. The van der Waals surface area contributed by atoms with Crippen molar-refractivity contribution >= 4 is 0 Å². The maximum absolute atomic E-state index is 4.46. The van der Waals surface area contributed by atoms with Gasteiger partial charge in [0.15, 0.2) is 0 Å². The summed E-state index contributed by atoms with van der Waals surface area (Å²) in [6, 6.07) is 0. The molecule has 0 heterocycles. The Labute approximate surface area is 94.1 Å². The van der Waals surface area contributed by atoms with Gasteiger partial charge in [-0.25, -0.2) is 0 Å². The standard InChI is InChI=1S/C15H24/c1-10-11-6-7-12-13(11)14(2,3)8-5-9-15(10,12)4/h11-13H,1,5-9H2,2-4H3/t11?,12-,13?,15?/m0/s1. The normalized spacial score (nSPS) is 51.9. The Bertz CT molecular complexity index is 312. The first-order chi connectivity index (χ1) is 6.97. The van der Waals surface area contributed by atoms with Gasteiger partial charge in [-0.15, -0.1) is 0 Å². The van der Waals surface area contributed by atoms with Gasteiger partial charge in [-0.05, 0) is 54.3 Å². The maximum Gasteiger partial charge on any atom is -0.00849 e. The molecule has 3 rings (SSSR count). The van der Waals surface area contributed by atoms with Crippen LogP contribution >= 0.6 is 0 Å². The number of rotatable bonds is 0. The van der Waals surface area contributed by atoms with E-state index in [0.29, 0.717) is 10.8 Å². The summed E-state index contributed by atoms with van der Waals surface area (Å²) in [5, 5.41) is 0. The van der Waals surface area contributed by atoms with Gasteiger partial charge in [0.1, 0.15) is 0 Å². The van der Waals surface area contributed by atoms with Crippen LogP contribution in [0.2, 0.25) is 0 Å². The first-order valence-electron chi connectivity index (χ1n) is 6.66.